The van der Waals surface area contributed by atoms with Gasteiger partial charge in [-0.25, -0.2) is 0 Å². The molecule has 30 heavy (non-hydrogen) atoms. The number of benzene rings is 1. The number of fused-ring (bicyclic) bond motifs is 3. The molecule has 3 aliphatic rings. The van der Waals surface area contributed by atoms with Crippen LogP contribution in [0.4, 0.5) is 0 Å². The number of piperidine rings is 1. The molecule has 4 rings (SSSR count). The maximum atomic E-state index is 6.29. The lowest BCUT2D eigenvalue weighted by Crippen LogP contribution is -2.47. The van der Waals surface area contributed by atoms with Crippen molar-refractivity contribution in [2.75, 3.05) is 47.1 Å². The summed E-state index contributed by atoms with van der Waals surface area (Å²) in [6.45, 7) is 9.94. The third kappa shape index (κ3) is 4.79. The molecule has 2 fully saturated rings. The molecule has 0 bridgehead atoms. The van der Waals surface area contributed by atoms with Crippen LogP contribution >= 0.6 is 0 Å². The summed E-state index contributed by atoms with van der Waals surface area (Å²) in [6.07, 6.45) is 6.10. The van der Waals surface area contributed by atoms with Gasteiger partial charge in [0.2, 0.25) is 0 Å². The molecule has 0 amide bonds. The van der Waals surface area contributed by atoms with Crippen molar-refractivity contribution in [3.63, 3.8) is 0 Å². The van der Waals surface area contributed by atoms with Gasteiger partial charge < -0.3 is 19.5 Å². The number of hydrogen-bond donors (Lipinski definition) is 1. The molecule has 168 valence electrons. The lowest BCUT2D eigenvalue weighted by molar-refractivity contribution is -0.00877. The van der Waals surface area contributed by atoms with Gasteiger partial charge in [0, 0.05) is 31.8 Å². The summed E-state index contributed by atoms with van der Waals surface area (Å²) >= 11 is 0. The summed E-state index contributed by atoms with van der Waals surface area (Å²) in [4.78, 5) is 2.72. The first-order valence-electron chi connectivity index (χ1n) is 11.9. The fraction of sp³-hybridized carbons (Fsp3) is 0.760. The molecule has 0 spiro atoms. The Balaban J connectivity index is 1.50. The molecular weight excluding hydrogens is 376 g/mol. The predicted molar refractivity (Wildman–Crippen MR) is 120 cm³/mol. The van der Waals surface area contributed by atoms with E-state index in [0.717, 1.165) is 56.1 Å². The minimum absolute atomic E-state index is 0.468. The van der Waals surface area contributed by atoms with Gasteiger partial charge in [-0.15, -0.1) is 0 Å². The summed E-state index contributed by atoms with van der Waals surface area (Å²) in [5.41, 5.74) is 2.86. The van der Waals surface area contributed by atoms with Crippen LogP contribution in [0.3, 0.4) is 0 Å². The van der Waals surface area contributed by atoms with Crippen LogP contribution in [0.5, 0.6) is 11.5 Å². The molecule has 3 aliphatic heterocycles. The molecule has 0 saturated carbocycles. The van der Waals surface area contributed by atoms with Crippen molar-refractivity contribution in [2.45, 2.75) is 58.0 Å². The molecule has 0 unspecified atom stereocenters. The fourth-order valence-electron chi connectivity index (χ4n) is 5.84. The molecule has 5 heteroatoms. The number of nitrogens with one attached hydrogen (secondary N) is 1. The zero-order valence-electron chi connectivity index (χ0n) is 19.3. The van der Waals surface area contributed by atoms with Gasteiger partial charge in [0.25, 0.3) is 0 Å². The highest BCUT2D eigenvalue weighted by Crippen LogP contribution is 2.45. The third-order valence-electron chi connectivity index (χ3n) is 7.36. The number of nitrogens with zero attached hydrogens (tertiary/aromatic N) is 1. The van der Waals surface area contributed by atoms with Crippen molar-refractivity contribution in [1.29, 1.82) is 0 Å². The highest BCUT2D eigenvalue weighted by molar-refractivity contribution is 5.49. The van der Waals surface area contributed by atoms with Gasteiger partial charge in [-0.05, 0) is 79.7 Å². The molecule has 1 aromatic rings. The van der Waals surface area contributed by atoms with Crippen LogP contribution in [0.25, 0.3) is 0 Å². The molecule has 0 radical (unpaired) electrons. The van der Waals surface area contributed by atoms with Gasteiger partial charge in [-0.1, -0.05) is 13.8 Å². The van der Waals surface area contributed by atoms with E-state index >= 15 is 0 Å². The maximum absolute atomic E-state index is 6.29. The second kappa shape index (κ2) is 9.88. The van der Waals surface area contributed by atoms with Crippen LogP contribution in [0.15, 0.2) is 12.1 Å². The lowest BCUT2D eigenvalue weighted by Gasteiger charge is -2.47. The van der Waals surface area contributed by atoms with Crippen LogP contribution in [-0.2, 0) is 11.2 Å². The fourth-order valence-corrected chi connectivity index (χ4v) is 5.84. The van der Waals surface area contributed by atoms with E-state index in [9.17, 15) is 0 Å². The van der Waals surface area contributed by atoms with Gasteiger partial charge in [0.05, 0.1) is 20.8 Å². The summed E-state index contributed by atoms with van der Waals surface area (Å²) in [6, 6.07) is 5.45. The van der Waals surface area contributed by atoms with Gasteiger partial charge in [0.1, 0.15) is 0 Å². The van der Waals surface area contributed by atoms with E-state index in [1.807, 2.05) is 0 Å². The van der Waals surface area contributed by atoms with Crippen molar-refractivity contribution in [1.82, 2.24) is 10.2 Å². The number of ether oxygens (including phenoxy) is 3. The zero-order valence-corrected chi connectivity index (χ0v) is 19.3. The van der Waals surface area contributed by atoms with Crippen molar-refractivity contribution >= 4 is 0 Å². The Kier molecular flexibility index (Phi) is 7.22. The summed E-state index contributed by atoms with van der Waals surface area (Å²) in [7, 11) is 3.46. The number of methoxy groups -OCH3 is 2. The van der Waals surface area contributed by atoms with Crippen LogP contribution < -0.4 is 14.8 Å². The maximum Gasteiger partial charge on any atom is 0.161 e. The molecule has 4 atom stereocenters. The van der Waals surface area contributed by atoms with Crippen molar-refractivity contribution < 1.29 is 14.2 Å². The minimum atomic E-state index is 0.468. The van der Waals surface area contributed by atoms with E-state index in [-0.39, 0.29) is 0 Å². The zero-order chi connectivity index (χ0) is 21.1. The molecular formula is C25H40N2O3. The predicted octanol–water partition coefficient (Wildman–Crippen LogP) is 4.05. The van der Waals surface area contributed by atoms with Crippen LogP contribution in [0.2, 0.25) is 0 Å². The van der Waals surface area contributed by atoms with Gasteiger partial charge >= 0.3 is 0 Å². The van der Waals surface area contributed by atoms with Crippen LogP contribution in [-0.4, -0.2) is 58.0 Å². The topological polar surface area (TPSA) is 43.0 Å². The number of rotatable bonds is 8. The first-order valence-corrected chi connectivity index (χ1v) is 11.9. The van der Waals surface area contributed by atoms with Crippen LogP contribution in [0.1, 0.15) is 56.7 Å². The van der Waals surface area contributed by atoms with E-state index in [0.29, 0.717) is 18.0 Å². The molecule has 1 N–H and O–H groups in total. The van der Waals surface area contributed by atoms with E-state index in [1.165, 1.54) is 43.4 Å². The highest BCUT2D eigenvalue weighted by atomic mass is 16.5. The monoisotopic (exact) mass is 416 g/mol. The van der Waals surface area contributed by atoms with Gasteiger partial charge in [0.15, 0.2) is 11.5 Å². The molecule has 3 heterocycles. The van der Waals surface area contributed by atoms with Crippen LogP contribution in [0, 0.1) is 17.8 Å². The van der Waals surface area contributed by atoms with Crippen molar-refractivity contribution in [3.8, 4) is 11.5 Å². The van der Waals surface area contributed by atoms with E-state index in [4.69, 9.17) is 14.2 Å². The second-order valence-electron chi connectivity index (χ2n) is 9.88. The lowest BCUT2D eigenvalue weighted by atomic mass is 9.74. The number of hydrogen-bond acceptors (Lipinski definition) is 5. The SMILES string of the molecule is COc1cc2c(cc1OC)[C@H]1C[C@@H](COC[C@@H]3CCCN3)[C@H](CC(C)C)CN1CC2. The Bertz CT molecular complexity index is 702. The molecule has 5 nitrogen and oxygen atoms in total. The van der Waals surface area contributed by atoms with Gasteiger partial charge in [-0.2, -0.15) is 0 Å². The standard InChI is InChI=1S/C25H40N2O3/c1-17(2)10-19-14-27-9-7-18-12-24(28-3)25(29-4)13-22(18)23(27)11-20(19)15-30-16-21-6-5-8-26-21/h12-13,17,19-21,23,26H,5-11,14-16H2,1-4H3/t19-,20+,21+,23-/m1/s1. The first-order chi connectivity index (χ1) is 14.6. The van der Waals surface area contributed by atoms with Gasteiger partial charge in [-0.3, -0.25) is 4.90 Å². The smallest absolute Gasteiger partial charge is 0.161 e. The largest absolute Gasteiger partial charge is 0.493 e. The first kappa shape index (κ1) is 21.9. The Labute approximate surface area is 182 Å². The molecule has 1 aromatic carbocycles. The molecule has 2 saturated heterocycles. The Hall–Kier alpha value is -1.30. The minimum Gasteiger partial charge on any atom is -0.493 e. The Morgan fingerprint density at radius 2 is 1.90 bits per heavy atom. The van der Waals surface area contributed by atoms with E-state index in [2.05, 4.69) is 36.2 Å². The second-order valence-corrected chi connectivity index (χ2v) is 9.88. The van der Waals surface area contributed by atoms with E-state index in [1.54, 1.807) is 14.2 Å². The quantitative estimate of drug-likeness (QED) is 0.692. The Morgan fingerprint density at radius 1 is 1.10 bits per heavy atom. The summed E-state index contributed by atoms with van der Waals surface area (Å²) < 4.78 is 17.5. The summed E-state index contributed by atoms with van der Waals surface area (Å²) in [5.74, 6) is 3.77. The average Bonchev–Trinajstić information content (AvgIpc) is 3.26. The van der Waals surface area contributed by atoms with Crippen molar-refractivity contribution in [2.24, 2.45) is 17.8 Å². The highest BCUT2D eigenvalue weighted by Gasteiger charge is 2.39. The molecule has 0 aliphatic carbocycles. The summed E-state index contributed by atoms with van der Waals surface area (Å²) in [5, 5.41) is 3.56. The van der Waals surface area contributed by atoms with Crippen molar-refractivity contribution in [3.05, 3.63) is 23.3 Å². The average molecular weight is 417 g/mol. The van der Waals surface area contributed by atoms with E-state index < -0.39 is 0 Å². The third-order valence-corrected chi connectivity index (χ3v) is 7.36. The Morgan fingerprint density at radius 3 is 2.60 bits per heavy atom. The molecule has 0 aromatic heterocycles. The normalized spacial score (nSPS) is 29.0.